The van der Waals surface area contributed by atoms with E-state index in [1.165, 1.54) is 41.5 Å². The van der Waals surface area contributed by atoms with Gasteiger partial charge in [-0.2, -0.15) is 0 Å². The van der Waals surface area contributed by atoms with Crippen LogP contribution >= 0.6 is 0 Å². The number of allylic oxidation sites excluding steroid dienone is 3. The molecule has 22 heavy (non-hydrogen) atoms. The first kappa shape index (κ1) is 13.6. The molecule has 2 atom stereocenters. The van der Waals surface area contributed by atoms with Gasteiger partial charge in [0.1, 0.15) is 0 Å². The molecule has 2 bridgehead atoms. The summed E-state index contributed by atoms with van der Waals surface area (Å²) in [6.07, 6.45) is 14.7. The van der Waals surface area contributed by atoms with E-state index in [4.69, 9.17) is 0 Å². The molecule has 1 fully saturated rings. The first-order valence-electron chi connectivity index (χ1n) is 8.42. The lowest BCUT2D eigenvalue weighted by Crippen LogP contribution is -1.83. The molecule has 0 saturated heterocycles. The summed E-state index contributed by atoms with van der Waals surface area (Å²) in [5.41, 5.74) is 5.41. The summed E-state index contributed by atoms with van der Waals surface area (Å²) in [6.45, 7) is 0. The molecule has 5 rings (SSSR count). The first-order valence-corrected chi connectivity index (χ1v) is 8.42. The van der Waals surface area contributed by atoms with Gasteiger partial charge >= 0.3 is 0 Å². The van der Waals surface area contributed by atoms with E-state index in [1.54, 1.807) is 0 Å². The Labute approximate surface area is 133 Å². The largest absolute Gasteiger partial charge is 0.0851 e. The molecular formula is C22H22. The minimum atomic E-state index is 0.991. The number of benzene rings is 2. The van der Waals surface area contributed by atoms with Gasteiger partial charge in [0.05, 0.1) is 0 Å². The summed E-state index contributed by atoms with van der Waals surface area (Å²) in [7, 11) is 0. The van der Waals surface area contributed by atoms with Gasteiger partial charge in [0.2, 0.25) is 0 Å². The zero-order valence-corrected chi connectivity index (χ0v) is 12.9. The van der Waals surface area contributed by atoms with Crippen LogP contribution in [0.1, 0.15) is 30.4 Å². The van der Waals surface area contributed by atoms with Crippen molar-refractivity contribution in [2.24, 2.45) is 11.8 Å². The second-order valence-corrected chi connectivity index (χ2v) is 6.60. The van der Waals surface area contributed by atoms with Crippen molar-refractivity contribution in [3.8, 4) is 11.1 Å². The Hall–Kier alpha value is -2.08. The van der Waals surface area contributed by atoms with Crippen molar-refractivity contribution in [2.75, 3.05) is 0 Å². The third-order valence-corrected chi connectivity index (χ3v) is 5.06. The Morgan fingerprint density at radius 3 is 2.18 bits per heavy atom. The molecule has 1 saturated carbocycles. The lowest BCUT2D eigenvalue weighted by atomic mass is 10.0. The topological polar surface area (TPSA) is 0 Å². The lowest BCUT2D eigenvalue weighted by Gasteiger charge is -2.04. The van der Waals surface area contributed by atoms with Crippen molar-refractivity contribution in [1.82, 2.24) is 0 Å². The normalized spacial score (nSPS) is 23.3. The molecule has 0 aliphatic heterocycles. The number of hydrogen-bond acceptors (Lipinski definition) is 0. The van der Waals surface area contributed by atoms with E-state index < -0.39 is 0 Å². The van der Waals surface area contributed by atoms with Crippen LogP contribution in [0.3, 0.4) is 0 Å². The molecule has 0 radical (unpaired) electrons. The lowest BCUT2D eigenvalue weighted by molar-refractivity contribution is 0.691. The van der Waals surface area contributed by atoms with E-state index in [9.17, 15) is 0 Å². The zero-order valence-electron chi connectivity index (χ0n) is 12.9. The van der Waals surface area contributed by atoms with Crippen LogP contribution in [0.2, 0.25) is 0 Å². The second-order valence-electron chi connectivity index (χ2n) is 6.60. The summed E-state index contributed by atoms with van der Waals surface area (Å²) < 4.78 is 0. The molecule has 3 aliphatic carbocycles. The fourth-order valence-electron chi connectivity index (χ4n) is 3.78. The maximum Gasteiger partial charge on any atom is -0.00882 e. The van der Waals surface area contributed by atoms with Crippen molar-refractivity contribution >= 4 is 6.08 Å². The molecule has 2 aromatic carbocycles. The summed E-state index contributed by atoms with van der Waals surface area (Å²) in [4.78, 5) is 0. The van der Waals surface area contributed by atoms with Crippen molar-refractivity contribution in [2.45, 2.75) is 25.7 Å². The van der Waals surface area contributed by atoms with Gasteiger partial charge in [-0.25, -0.2) is 0 Å². The second kappa shape index (κ2) is 5.96. The van der Waals surface area contributed by atoms with Gasteiger partial charge in [0, 0.05) is 0 Å². The highest BCUT2D eigenvalue weighted by Gasteiger charge is 2.25. The van der Waals surface area contributed by atoms with Crippen LogP contribution in [0, 0.1) is 11.8 Å². The Morgan fingerprint density at radius 2 is 1.55 bits per heavy atom. The minimum Gasteiger partial charge on any atom is -0.0851 e. The molecule has 0 aromatic heterocycles. The highest BCUT2D eigenvalue weighted by Crippen LogP contribution is 2.38. The van der Waals surface area contributed by atoms with Crippen LogP contribution in [0.15, 0.2) is 66.8 Å². The van der Waals surface area contributed by atoms with Crippen LogP contribution in [-0.2, 0) is 6.42 Å². The van der Waals surface area contributed by atoms with Crippen LogP contribution in [-0.4, -0.2) is 0 Å². The molecule has 0 amide bonds. The summed E-state index contributed by atoms with van der Waals surface area (Å²) in [5.74, 6) is 1.98. The van der Waals surface area contributed by atoms with Gasteiger partial charge in [0.15, 0.2) is 0 Å². The number of rotatable bonds is 1. The first-order chi connectivity index (χ1) is 10.9. The molecule has 2 unspecified atom stereocenters. The molecule has 0 nitrogen and oxygen atoms in total. The quantitative estimate of drug-likeness (QED) is 0.573. The third-order valence-electron chi connectivity index (χ3n) is 5.06. The van der Waals surface area contributed by atoms with Gasteiger partial charge in [-0.3, -0.25) is 0 Å². The average Bonchev–Trinajstić information content (AvgIpc) is 3.33. The number of fused-ring (bicyclic) bond motifs is 3. The van der Waals surface area contributed by atoms with Gasteiger partial charge in [0.25, 0.3) is 0 Å². The third kappa shape index (κ3) is 2.78. The number of hydrogen-bond donors (Lipinski definition) is 0. The fourth-order valence-corrected chi connectivity index (χ4v) is 3.78. The van der Waals surface area contributed by atoms with Crippen molar-refractivity contribution < 1.29 is 0 Å². The molecule has 0 N–H and O–H groups in total. The van der Waals surface area contributed by atoms with E-state index in [2.05, 4.69) is 72.8 Å². The monoisotopic (exact) mass is 286 g/mol. The van der Waals surface area contributed by atoms with Gasteiger partial charge in [-0.05, 0) is 65.8 Å². The van der Waals surface area contributed by atoms with E-state index in [1.807, 2.05) is 0 Å². The van der Waals surface area contributed by atoms with Gasteiger partial charge in [-0.1, -0.05) is 66.8 Å². The molecule has 0 heterocycles. The van der Waals surface area contributed by atoms with E-state index in [0.717, 1.165) is 18.3 Å². The highest BCUT2D eigenvalue weighted by atomic mass is 14.3. The molecule has 3 aliphatic rings. The standard InChI is InChI=1S/C15H12.C7H10/c1-2-5-12(6-3-1)15-10-9-13-7-4-8-14(13)11-15;1-2-7-4-3-6(1)5-7/h1-6,8-11H,7H2;1-2,6-7H,3-5H2. The Bertz CT molecular complexity index is 694. The molecule has 0 spiro atoms. The minimum absolute atomic E-state index is 0.991. The maximum absolute atomic E-state index is 2.38. The highest BCUT2D eigenvalue weighted by molar-refractivity contribution is 5.71. The zero-order chi connectivity index (χ0) is 14.8. The molecule has 0 heteroatoms. The van der Waals surface area contributed by atoms with E-state index in [-0.39, 0.29) is 0 Å². The molecular weight excluding hydrogens is 264 g/mol. The van der Waals surface area contributed by atoms with Gasteiger partial charge in [-0.15, -0.1) is 0 Å². The summed E-state index contributed by atoms with van der Waals surface area (Å²) in [6, 6.07) is 17.2. The maximum atomic E-state index is 2.38. The van der Waals surface area contributed by atoms with E-state index in [0.29, 0.717) is 0 Å². The van der Waals surface area contributed by atoms with Crippen molar-refractivity contribution in [3.05, 3.63) is 77.9 Å². The average molecular weight is 286 g/mol. The Kier molecular flexibility index (Phi) is 3.68. The predicted octanol–water partition coefficient (Wildman–Crippen LogP) is 5.90. The van der Waals surface area contributed by atoms with Crippen LogP contribution in [0.5, 0.6) is 0 Å². The van der Waals surface area contributed by atoms with Crippen molar-refractivity contribution in [3.63, 3.8) is 0 Å². The van der Waals surface area contributed by atoms with Crippen LogP contribution in [0.4, 0.5) is 0 Å². The predicted molar refractivity (Wildman–Crippen MR) is 94.6 cm³/mol. The van der Waals surface area contributed by atoms with Crippen LogP contribution < -0.4 is 0 Å². The van der Waals surface area contributed by atoms with Gasteiger partial charge < -0.3 is 0 Å². The smallest absolute Gasteiger partial charge is 0.00882 e. The van der Waals surface area contributed by atoms with Crippen molar-refractivity contribution in [1.29, 1.82) is 0 Å². The summed E-state index contributed by atoms with van der Waals surface area (Å²) in [5, 5.41) is 0. The molecule has 110 valence electrons. The Morgan fingerprint density at radius 1 is 0.773 bits per heavy atom. The molecule has 2 aromatic rings. The fraction of sp³-hybridized carbons (Fsp3) is 0.273. The van der Waals surface area contributed by atoms with Crippen LogP contribution in [0.25, 0.3) is 17.2 Å². The summed E-state index contributed by atoms with van der Waals surface area (Å²) >= 11 is 0. The van der Waals surface area contributed by atoms with E-state index >= 15 is 0 Å². The Balaban J connectivity index is 0.000000148. The SMILES string of the molecule is C1=CC2CCC1C2.C1=Cc2cc(-c3ccccc3)ccc2C1.